The van der Waals surface area contributed by atoms with E-state index in [0.717, 1.165) is 39.7 Å². The summed E-state index contributed by atoms with van der Waals surface area (Å²) >= 11 is 0. The number of aromatic nitrogens is 2. The third-order valence-electron chi connectivity index (χ3n) is 4.39. The molecule has 2 heterocycles. The molecule has 0 saturated heterocycles. The minimum Gasteiger partial charge on any atom is -0.340 e. The molecule has 4 nitrogen and oxygen atoms in total. The van der Waals surface area contributed by atoms with Crippen molar-refractivity contribution in [1.82, 2.24) is 9.55 Å². The summed E-state index contributed by atoms with van der Waals surface area (Å²) in [6.45, 7) is 8.39. The highest BCUT2D eigenvalue weighted by Crippen LogP contribution is 2.37. The van der Waals surface area contributed by atoms with Crippen molar-refractivity contribution in [2.24, 2.45) is 0 Å². The first kappa shape index (κ1) is 13.9. The van der Waals surface area contributed by atoms with Crippen molar-refractivity contribution in [3.63, 3.8) is 0 Å². The maximum atomic E-state index is 4.83. The Balaban J connectivity index is 1.95. The Hall–Kier alpha value is -2.75. The molecule has 2 aromatic carbocycles. The number of imidazole rings is 1. The molecule has 1 N–H and O–H groups in total. The van der Waals surface area contributed by atoms with Crippen LogP contribution in [-0.2, 0) is 0 Å². The molecular formula is C19H20N4. The highest BCUT2D eigenvalue weighted by atomic mass is 15.3. The molecule has 1 aromatic heterocycles. The van der Waals surface area contributed by atoms with E-state index >= 15 is 0 Å². The molecule has 23 heavy (non-hydrogen) atoms. The Morgan fingerprint density at radius 2 is 1.91 bits per heavy atom. The van der Waals surface area contributed by atoms with Crippen LogP contribution in [0.25, 0.3) is 16.7 Å². The van der Waals surface area contributed by atoms with Gasteiger partial charge in [0.15, 0.2) is 0 Å². The van der Waals surface area contributed by atoms with E-state index in [9.17, 15) is 0 Å². The van der Waals surface area contributed by atoms with Gasteiger partial charge in [-0.2, -0.15) is 0 Å². The zero-order chi connectivity index (χ0) is 16.1. The molecule has 3 aromatic rings. The van der Waals surface area contributed by atoms with Crippen molar-refractivity contribution in [3.05, 3.63) is 60.7 Å². The SMILES string of the molecule is C=C1Nc2cc(-n3c(C(C)C)nc4ccccc43)ccc2N1C. The second-order valence-electron chi connectivity index (χ2n) is 6.28. The minimum absolute atomic E-state index is 0.348. The van der Waals surface area contributed by atoms with Gasteiger partial charge in [-0.3, -0.25) is 4.57 Å². The molecule has 0 saturated carbocycles. The number of para-hydroxylation sites is 2. The standard InChI is InChI=1S/C19H20N4/c1-12(2)19-21-15-7-5-6-8-18(15)23(19)14-9-10-17-16(11-14)20-13(3)22(17)4/h5-12,20H,3H2,1-2,4H3. The quantitative estimate of drug-likeness (QED) is 0.757. The molecule has 0 spiro atoms. The summed E-state index contributed by atoms with van der Waals surface area (Å²) in [6, 6.07) is 14.7. The van der Waals surface area contributed by atoms with Crippen molar-refractivity contribution in [2.75, 3.05) is 17.3 Å². The molecule has 0 atom stereocenters. The molecule has 0 aliphatic carbocycles. The molecule has 0 bridgehead atoms. The maximum Gasteiger partial charge on any atom is 0.117 e. The molecule has 0 unspecified atom stereocenters. The van der Waals surface area contributed by atoms with Gasteiger partial charge in [0.25, 0.3) is 0 Å². The second kappa shape index (κ2) is 4.88. The lowest BCUT2D eigenvalue weighted by Crippen LogP contribution is -2.12. The Morgan fingerprint density at radius 1 is 1.13 bits per heavy atom. The molecule has 0 fully saturated rings. The van der Waals surface area contributed by atoms with Crippen molar-refractivity contribution in [3.8, 4) is 5.69 Å². The van der Waals surface area contributed by atoms with Crippen LogP contribution in [0.5, 0.6) is 0 Å². The molecule has 4 heteroatoms. The van der Waals surface area contributed by atoms with Gasteiger partial charge in [-0.25, -0.2) is 4.98 Å². The first-order valence-electron chi connectivity index (χ1n) is 7.87. The molecular weight excluding hydrogens is 284 g/mol. The van der Waals surface area contributed by atoms with Gasteiger partial charge in [0.2, 0.25) is 0 Å². The maximum absolute atomic E-state index is 4.83. The fourth-order valence-corrected chi connectivity index (χ4v) is 3.14. The van der Waals surface area contributed by atoms with Crippen molar-refractivity contribution in [1.29, 1.82) is 0 Å². The average Bonchev–Trinajstić information content (AvgIpc) is 3.06. The zero-order valence-electron chi connectivity index (χ0n) is 13.7. The summed E-state index contributed by atoms with van der Waals surface area (Å²) in [7, 11) is 2.02. The fraction of sp³-hybridized carbons (Fsp3) is 0.211. The Kier molecular flexibility index (Phi) is 2.94. The highest BCUT2D eigenvalue weighted by molar-refractivity contribution is 5.84. The largest absolute Gasteiger partial charge is 0.340 e. The van der Waals surface area contributed by atoms with E-state index in [-0.39, 0.29) is 0 Å². The molecule has 0 radical (unpaired) electrons. The number of nitrogens with one attached hydrogen (secondary N) is 1. The van der Waals surface area contributed by atoms with E-state index in [2.05, 4.69) is 71.6 Å². The second-order valence-corrected chi connectivity index (χ2v) is 6.28. The van der Waals surface area contributed by atoms with Crippen LogP contribution in [0.15, 0.2) is 54.9 Å². The van der Waals surface area contributed by atoms with E-state index in [1.54, 1.807) is 0 Å². The van der Waals surface area contributed by atoms with Gasteiger partial charge in [0, 0.05) is 18.7 Å². The molecule has 116 valence electrons. The Morgan fingerprint density at radius 3 is 2.70 bits per heavy atom. The Labute approximate surface area is 136 Å². The lowest BCUT2D eigenvalue weighted by molar-refractivity contribution is 0.760. The minimum atomic E-state index is 0.348. The first-order valence-corrected chi connectivity index (χ1v) is 7.87. The Bertz CT molecular complexity index is 920. The van der Waals surface area contributed by atoms with Crippen molar-refractivity contribution < 1.29 is 0 Å². The summed E-state index contributed by atoms with van der Waals surface area (Å²) in [6.07, 6.45) is 0. The van der Waals surface area contributed by atoms with E-state index in [4.69, 9.17) is 4.98 Å². The molecule has 1 aliphatic heterocycles. The van der Waals surface area contributed by atoms with Crippen LogP contribution in [0.3, 0.4) is 0 Å². The monoisotopic (exact) mass is 304 g/mol. The number of anilines is 2. The predicted molar refractivity (Wildman–Crippen MR) is 96.3 cm³/mol. The van der Waals surface area contributed by atoms with E-state index in [1.165, 1.54) is 0 Å². The summed E-state index contributed by atoms with van der Waals surface area (Å²) in [5, 5.41) is 3.34. The average molecular weight is 304 g/mol. The van der Waals surface area contributed by atoms with Crippen molar-refractivity contribution in [2.45, 2.75) is 19.8 Å². The third-order valence-corrected chi connectivity index (χ3v) is 4.39. The van der Waals surface area contributed by atoms with E-state index in [0.29, 0.717) is 5.92 Å². The summed E-state index contributed by atoms with van der Waals surface area (Å²) in [5.74, 6) is 2.33. The predicted octanol–water partition coefficient (Wildman–Crippen LogP) is 4.48. The van der Waals surface area contributed by atoms with Gasteiger partial charge in [0.1, 0.15) is 11.6 Å². The summed E-state index contributed by atoms with van der Waals surface area (Å²) < 4.78 is 2.25. The van der Waals surface area contributed by atoms with Crippen LogP contribution < -0.4 is 10.2 Å². The first-order chi connectivity index (χ1) is 11.1. The summed E-state index contributed by atoms with van der Waals surface area (Å²) in [4.78, 5) is 6.89. The topological polar surface area (TPSA) is 33.1 Å². The van der Waals surface area contributed by atoms with Gasteiger partial charge < -0.3 is 10.2 Å². The molecule has 0 amide bonds. The van der Waals surface area contributed by atoms with Crippen LogP contribution in [0, 0.1) is 0 Å². The number of hydrogen-bond donors (Lipinski definition) is 1. The fourth-order valence-electron chi connectivity index (χ4n) is 3.14. The number of benzene rings is 2. The normalized spacial score (nSPS) is 13.7. The molecule has 4 rings (SSSR count). The van der Waals surface area contributed by atoms with Crippen LogP contribution in [0.1, 0.15) is 25.6 Å². The number of rotatable bonds is 2. The van der Waals surface area contributed by atoms with Crippen LogP contribution in [0.2, 0.25) is 0 Å². The van der Waals surface area contributed by atoms with Crippen LogP contribution in [-0.4, -0.2) is 16.6 Å². The van der Waals surface area contributed by atoms with E-state index < -0.39 is 0 Å². The van der Waals surface area contributed by atoms with Crippen molar-refractivity contribution >= 4 is 22.4 Å². The van der Waals surface area contributed by atoms with Crippen LogP contribution >= 0.6 is 0 Å². The van der Waals surface area contributed by atoms with Gasteiger partial charge in [-0.15, -0.1) is 0 Å². The van der Waals surface area contributed by atoms with Gasteiger partial charge in [0.05, 0.1) is 22.4 Å². The summed E-state index contributed by atoms with van der Waals surface area (Å²) in [5.41, 5.74) is 5.53. The number of fused-ring (bicyclic) bond motifs is 2. The lowest BCUT2D eigenvalue weighted by atomic mass is 10.2. The van der Waals surface area contributed by atoms with Gasteiger partial charge in [-0.05, 0) is 30.3 Å². The lowest BCUT2D eigenvalue weighted by Gasteiger charge is -2.14. The number of nitrogens with zero attached hydrogens (tertiary/aromatic N) is 3. The number of hydrogen-bond acceptors (Lipinski definition) is 3. The third kappa shape index (κ3) is 2.02. The van der Waals surface area contributed by atoms with Crippen LogP contribution in [0.4, 0.5) is 11.4 Å². The zero-order valence-corrected chi connectivity index (χ0v) is 13.7. The van der Waals surface area contributed by atoms with E-state index in [1.807, 2.05) is 13.1 Å². The molecule has 1 aliphatic rings. The highest BCUT2D eigenvalue weighted by Gasteiger charge is 2.21. The van der Waals surface area contributed by atoms with Gasteiger partial charge >= 0.3 is 0 Å². The smallest absolute Gasteiger partial charge is 0.117 e. The van der Waals surface area contributed by atoms with Gasteiger partial charge in [-0.1, -0.05) is 32.6 Å².